The van der Waals surface area contributed by atoms with E-state index < -0.39 is 0 Å². The number of fused-ring (bicyclic) bond motifs is 1. The Kier molecular flexibility index (Phi) is 4.17. The van der Waals surface area contributed by atoms with Crippen molar-refractivity contribution in [1.82, 2.24) is 19.9 Å². The van der Waals surface area contributed by atoms with Crippen LogP contribution in [-0.4, -0.2) is 27.0 Å². The smallest absolute Gasteiger partial charge is 0.224 e. The van der Waals surface area contributed by atoms with Crippen LogP contribution in [0.25, 0.3) is 4.96 Å². The van der Waals surface area contributed by atoms with E-state index in [0.29, 0.717) is 18.0 Å². The van der Waals surface area contributed by atoms with Crippen molar-refractivity contribution in [2.24, 2.45) is 0 Å². The van der Waals surface area contributed by atoms with Gasteiger partial charge in [-0.2, -0.15) is 0 Å². The van der Waals surface area contributed by atoms with Gasteiger partial charge in [-0.3, -0.25) is 9.20 Å². The van der Waals surface area contributed by atoms with Crippen molar-refractivity contribution in [2.75, 3.05) is 6.54 Å². The standard InChI is InChI=1S/C14H13ClN4OS/c15-11-3-1-2-10(6-11)7-13(20)16-5-4-12-8-21-14-18-17-9-19(12)14/h1-3,6,8-9H,4-5,7H2,(H,16,20). The van der Waals surface area contributed by atoms with Gasteiger partial charge in [-0.1, -0.05) is 23.7 Å². The molecule has 0 saturated heterocycles. The second kappa shape index (κ2) is 6.24. The van der Waals surface area contributed by atoms with E-state index in [1.165, 1.54) is 0 Å². The number of carbonyl (C=O) groups excluding carboxylic acids is 1. The first-order chi connectivity index (χ1) is 10.2. The van der Waals surface area contributed by atoms with Crippen LogP contribution in [0.3, 0.4) is 0 Å². The summed E-state index contributed by atoms with van der Waals surface area (Å²) in [5.41, 5.74) is 2.01. The Labute approximate surface area is 130 Å². The number of carbonyl (C=O) groups is 1. The number of nitrogens with zero attached hydrogens (tertiary/aromatic N) is 3. The summed E-state index contributed by atoms with van der Waals surface area (Å²) >= 11 is 7.45. The van der Waals surface area contributed by atoms with Gasteiger partial charge in [-0.25, -0.2) is 0 Å². The molecule has 2 aromatic heterocycles. The average molecular weight is 321 g/mol. The molecule has 0 atom stereocenters. The van der Waals surface area contributed by atoms with Gasteiger partial charge >= 0.3 is 0 Å². The van der Waals surface area contributed by atoms with Gasteiger partial charge in [0.15, 0.2) is 0 Å². The van der Waals surface area contributed by atoms with Crippen molar-refractivity contribution in [3.63, 3.8) is 0 Å². The molecule has 108 valence electrons. The Hall–Kier alpha value is -1.92. The summed E-state index contributed by atoms with van der Waals surface area (Å²) in [6.45, 7) is 0.587. The van der Waals surface area contributed by atoms with Crippen molar-refractivity contribution in [1.29, 1.82) is 0 Å². The number of aromatic nitrogens is 3. The molecule has 21 heavy (non-hydrogen) atoms. The number of amides is 1. The monoisotopic (exact) mass is 320 g/mol. The molecular formula is C14H13ClN4OS. The third kappa shape index (κ3) is 3.40. The maximum absolute atomic E-state index is 11.9. The second-order valence-electron chi connectivity index (χ2n) is 4.62. The zero-order valence-electron chi connectivity index (χ0n) is 11.1. The number of rotatable bonds is 5. The van der Waals surface area contributed by atoms with Gasteiger partial charge in [-0.15, -0.1) is 21.5 Å². The Morgan fingerprint density at radius 3 is 3.19 bits per heavy atom. The topological polar surface area (TPSA) is 59.3 Å². The third-order valence-electron chi connectivity index (χ3n) is 3.08. The highest BCUT2D eigenvalue weighted by molar-refractivity contribution is 7.15. The van der Waals surface area contributed by atoms with Crippen LogP contribution < -0.4 is 5.32 Å². The average Bonchev–Trinajstić information content (AvgIpc) is 3.03. The maximum atomic E-state index is 11.9. The minimum absolute atomic E-state index is 0.00695. The molecule has 0 unspecified atom stereocenters. The molecule has 5 nitrogen and oxygen atoms in total. The van der Waals surface area contributed by atoms with Gasteiger partial charge in [-0.05, 0) is 17.7 Å². The fourth-order valence-corrected chi connectivity index (χ4v) is 3.14. The molecule has 0 fully saturated rings. The fraction of sp³-hybridized carbons (Fsp3) is 0.214. The van der Waals surface area contributed by atoms with Crippen molar-refractivity contribution < 1.29 is 4.79 Å². The van der Waals surface area contributed by atoms with Crippen LogP contribution in [0, 0.1) is 0 Å². The molecule has 0 aliphatic carbocycles. The normalized spacial score (nSPS) is 10.9. The first kappa shape index (κ1) is 14.0. The number of thiazole rings is 1. The lowest BCUT2D eigenvalue weighted by Crippen LogP contribution is -2.27. The van der Waals surface area contributed by atoms with Crippen LogP contribution in [0.4, 0.5) is 0 Å². The summed E-state index contributed by atoms with van der Waals surface area (Å²) in [7, 11) is 0. The molecule has 2 heterocycles. The highest BCUT2D eigenvalue weighted by Crippen LogP contribution is 2.13. The molecule has 0 aliphatic heterocycles. The molecule has 1 aromatic carbocycles. The maximum Gasteiger partial charge on any atom is 0.224 e. The number of hydrogen-bond acceptors (Lipinski definition) is 4. The Balaban J connectivity index is 1.51. The number of benzene rings is 1. The van der Waals surface area contributed by atoms with Gasteiger partial charge in [0.1, 0.15) is 6.33 Å². The van der Waals surface area contributed by atoms with Crippen LogP contribution in [0.1, 0.15) is 11.3 Å². The van der Waals surface area contributed by atoms with E-state index in [-0.39, 0.29) is 5.91 Å². The lowest BCUT2D eigenvalue weighted by molar-refractivity contribution is -0.120. The second-order valence-corrected chi connectivity index (χ2v) is 5.89. The fourth-order valence-electron chi connectivity index (χ4n) is 2.08. The van der Waals surface area contributed by atoms with Gasteiger partial charge in [0.2, 0.25) is 10.9 Å². The quantitative estimate of drug-likeness (QED) is 0.785. The predicted molar refractivity (Wildman–Crippen MR) is 82.7 cm³/mol. The number of nitrogens with one attached hydrogen (secondary N) is 1. The highest BCUT2D eigenvalue weighted by atomic mass is 35.5. The summed E-state index contributed by atoms with van der Waals surface area (Å²) in [4.78, 5) is 12.8. The Morgan fingerprint density at radius 2 is 2.33 bits per heavy atom. The van der Waals surface area contributed by atoms with Crippen molar-refractivity contribution >= 4 is 33.8 Å². The Morgan fingerprint density at radius 1 is 1.43 bits per heavy atom. The van der Waals surface area contributed by atoms with Gasteiger partial charge in [0.05, 0.1) is 6.42 Å². The molecule has 1 amide bonds. The molecule has 1 N–H and O–H groups in total. The van der Waals surface area contributed by atoms with Crippen molar-refractivity contribution in [2.45, 2.75) is 12.8 Å². The van der Waals surface area contributed by atoms with Crippen LogP contribution >= 0.6 is 22.9 Å². The molecule has 0 radical (unpaired) electrons. The van der Waals surface area contributed by atoms with E-state index in [9.17, 15) is 4.79 Å². The van der Waals surface area contributed by atoms with E-state index >= 15 is 0 Å². The van der Waals surface area contributed by atoms with E-state index in [1.807, 2.05) is 21.9 Å². The molecule has 0 aliphatic rings. The molecule has 3 aromatic rings. The highest BCUT2D eigenvalue weighted by Gasteiger charge is 2.07. The van der Waals surface area contributed by atoms with E-state index in [1.54, 1.807) is 29.8 Å². The zero-order valence-corrected chi connectivity index (χ0v) is 12.7. The van der Waals surface area contributed by atoms with Crippen LogP contribution in [0.15, 0.2) is 36.0 Å². The summed E-state index contributed by atoms with van der Waals surface area (Å²) in [6, 6.07) is 7.34. The van der Waals surface area contributed by atoms with Crippen LogP contribution in [0.5, 0.6) is 0 Å². The minimum Gasteiger partial charge on any atom is -0.355 e. The lowest BCUT2D eigenvalue weighted by atomic mass is 10.1. The van der Waals surface area contributed by atoms with E-state index in [0.717, 1.165) is 22.6 Å². The molecule has 7 heteroatoms. The van der Waals surface area contributed by atoms with Crippen molar-refractivity contribution in [3.05, 3.63) is 52.3 Å². The number of hydrogen-bond donors (Lipinski definition) is 1. The van der Waals surface area contributed by atoms with E-state index in [4.69, 9.17) is 11.6 Å². The summed E-state index contributed by atoms with van der Waals surface area (Å²) in [6.07, 6.45) is 2.78. The van der Waals surface area contributed by atoms with Crippen LogP contribution in [0.2, 0.25) is 5.02 Å². The lowest BCUT2D eigenvalue weighted by Gasteiger charge is -2.05. The Bertz CT molecular complexity index is 767. The van der Waals surface area contributed by atoms with Crippen molar-refractivity contribution in [3.8, 4) is 0 Å². The predicted octanol–water partition coefficient (Wildman–Crippen LogP) is 2.35. The largest absolute Gasteiger partial charge is 0.355 e. The first-order valence-electron chi connectivity index (χ1n) is 6.49. The molecule has 0 bridgehead atoms. The van der Waals surface area contributed by atoms with Gasteiger partial charge in [0.25, 0.3) is 0 Å². The first-order valence-corrected chi connectivity index (χ1v) is 7.75. The molecule has 3 rings (SSSR count). The summed E-state index contributed by atoms with van der Waals surface area (Å²) in [5.74, 6) is -0.00695. The van der Waals surface area contributed by atoms with Gasteiger partial charge in [0, 0.05) is 29.1 Å². The zero-order chi connectivity index (χ0) is 14.7. The summed E-state index contributed by atoms with van der Waals surface area (Å²) in [5, 5.41) is 13.4. The molecule has 0 saturated carbocycles. The minimum atomic E-state index is -0.00695. The SMILES string of the molecule is O=C(Cc1cccc(Cl)c1)NCCc1csc2nncn12. The molecule has 0 spiro atoms. The number of halogens is 1. The van der Waals surface area contributed by atoms with Crippen LogP contribution in [-0.2, 0) is 17.6 Å². The van der Waals surface area contributed by atoms with E-state index in [2.05, 4.69) is 15.5 Å². The summed E-state index contributed by atoms with van der Waals surface area (Å²) < 4.78 is 1.94. The molecular weight excluding hydrogens is 308 g/mol. The third-order valence-corrected chi connectivity index (χ3v) is 4.20. The van der Waals surface area contributed by atoms with Gasteiger partial charge < -0.3 is 5.32 Å².